The van der Waals surface area contributed by atoms with Crippen molar-refractivity contribution in [2.75, 3.05) is 12.4 Å². The fourth-order valence-corrected chi connectivity index (χ4v) is 3.10. The summed E-state index contributed by atoms with van der Waals surface area (Å²) in [4.78, 5) is 16.6. The number of hydrogen-bond acceptors (Lipinski definition) is 4. The van der Waals surface area contributed by atoms with Crippen LogP contribution in [0.25, 0.3) is 0 Å². The highest BCUT2D eigenvalue weighted by Crippen LogP contribution is 2.32. The summed E-state index contributed by atoms with van der Waals surface area (Å²) in [7, 11) is 1.55. The summed E-state index contributed by atoms with van der Waals surface area (Å²) in [6.45, 7) is 0. The van der Waals surface area contributed by atoms with Crippen molar-refractivity contribution in [2.24, 2.45) is 0 Å². The van der Waals surface area contributed by atoms with E-state index in [-0.39, 0.29) is 11.8 Å². The predicted molar refractivity (Wildman–Crippen MR) is 98.1 cm³/mol. The van der Waals surface area contributed by atoms with Crippen LogP contribution < -0.4 is 14.8 Å². The molecule has 1 aromatic carbocycles. The van der Waals surface area contributed by atoms with Gasteiger partial charge in [-0.15, -0.1) is 0 Å². The van der Waals surface area contributed by atoms with Crippen molar-refractivity contribution >= 4 is 34.8 Å². The van der Waals surface area contributed by atoms with E-state index in [0.29, 0.717) is 27.2 Å². The van der Waals surface area contributed by atoms with Crippen molar-refractivity contribution in [3.8, 4) is 11.5 Å². The Bertz CT molecular complexity index is 777. The number of ether oxygens (including phenoxy) is 2. The molecule has 0 bridgehead atoms. The highest BCUT2D eigenvalue weighted by molar-refractivity contribution is 6.35. The minimum absolute atomic E-state index is 0.148. The van der Waals surface area contributed by atoms with Crippen molar-refractivity contribution in [3.63, 3.8) is 0 Å². The van der Waals surface area contributed by atoms with Crippen molar-refractivity contribution < 1.29 is 14.3 Å². The zero-order chi connectivity index (χ0) is 17.8. The van der Waals surface area contributed by atoms with E-state index in [1.54, 1.807) is 31.4 Å². The topological polar surface area (TPSA) is 60.5 Å². The molecule has 7 heteroatoms. The molecule has 132 valence electrons. The smallest absolute Gasteiger partial charge is 0.274 e. The molecule has 1 heterocycles. The molecule has 0 aliphatic heterocycles. The number of rotatable bonds is 5. The third-order valence-corrected chi connectivity index (χ3v) is 4.62. The number of carbonyl (C=O) groups excluding carboxylic acids is 1. The second kappa shape index (κ2) is 7.93. The van der Waals surface area contributed by atoms with Gasteiger partial charge in [-0.3, -0.25) is 4.79 Å². The number of nitrogens with one attached hydrogen (secondary N) is 1. The molecule has 1 fully saturated rings. The summed E-state index contributed by atoms with van der Waals surface area (Å²) in [5.74, 6) is 0.624. The Hall–Kier alpha value is -1.98. The monoisotopic (exact) mass is 380 g/mol. The van der Waals surface area contributed by atoms with Crippen molar-refractivity contribution in [3.05, 3.63) is 46.2 Å². The number of benzene rings is 1. The highest BCUT2D eigenvalue weighted by atomic mass is 35.5. The fraction of sp³-hybridized carbons (Fsp3) is 0.333. The van der Waals surface area contributed by atoms with Gasteiger partial charge in [0.15, 0.2) is 11.5 Å². The number of carbonyl (C=O) groups is 1. The number of anilines is 1. The van der Waals surface area contributed by atoms with Crippen LogP contribution in [0.2, 0.25) is 10.0 Å². The normalized spacial score (nSPS) is 14.4. The van der Waals surface area contributed by atoms with Gasteiger partial charge in [0.2, 0.25) is 0 Å². The summed E-state index contributed by atoms with van der Waals surface area (Å²) in [6.07, 6.45) is 5.95. The number of halogens is 2. The molecule has 1 aliphatic carbocycles. The van der Waals surface area contributed by atoms with Gasteiger partial charge in [-0.1, -0.05) is 23.2 Å². The van der Waals surface area contributed by atoms with Crippen LogP contribution in [-0.4, -0.2) is 24.1 Å². The summed E-state index contributed by atoms with van der Waals surface area (Å²) < 4.78 is 11.3. The van der Waals surface area contributed by atoms with Gasteiger partial charge in [-0.2, -0.15) is 0 Å². The van der Waals surface area contributed by atoms with Gasteiger partial charge in [-0.25, -0.2) is 4.98 Å². The van der Waals surface area contributed by atoms with E-state index in [1.807, 2.05) is 0 Å². The Morgan fingerprint density at radius 3 is 2.68 bits per heavy atom. The number of aromatic nitrogens is 1. The number of pyridine rings is 1. The molecular formula is C18H18Cl2N2O3. The average Bonchev–Trinajstić information content (AvgIpc) is 3.11. The quantitative estimate of drug-likeness (QED) is 0.794. The molecule has 25 heavy (non-hydrogen) atoms. The molecule has 1 saturated carbocycles. The van der Waals surface area contributed by atoms with Gasteiger partial charge < -0.3 is 14.8 Å². The Morgan fingerprint density at radius 2 is 1.96 bits per heavy atom. The number of amides is 1. The molecule has 0 atom stereocenters. The van der Waals surface area contributed by atoms with Crippen molar-refractivity contribution in [1.29, 1.82) is 0 Å². The molecule has 0 saturated heterocycles. The minimum atomic E-state index is -0.400. The van der Waals surface area contributed by atoms with Crippen molar-refractivity contribution in [1.82, 2.24) is 4.98 Å². The van der Waals surface area contributed by atoms with Crippen LogP contribution in [0.3, 0.4) is 0 Å². The molecular weight excluding hydrogens is 363 g/mol. The lowest BCUT2D eigenvalue weighted by atomic mass is 10.2. The summed E-state index contributed by atoms with van der Waals surface area (Å²) in [6, 6.07) is 6.44. The Labute approximate surface area is 156 Å². The maximum atomic E-state index is 12.5. The van der Waals surface area contributed by atoms with E-state index >= 15 is 0 Å². The number of nitrogens with zero attached hydrogens (tertiary/aromatic N) is 1. The molecule has 1 amide bonds. The lowest BCUT2D eigenvalue weighted by Crippen LogP contribution is -2.16. The van der Waals surface area contributed by atoms with E-state index in [2.05, 4.69) is 10.3 Å². The van der Waals surface area contributed by atoms with Crippen LogP contribution >= 0.6 is 23.2 Å². The SMILES string of the molecule is COc1cnc(C(=O)Nc2cc(Cl)ccc2Cl)cc1OC1CCCC1. The van der Waals surface area contributed by atoms with E-state index in [9.17, 15) is 4.79 Å². The fourth-order valence-electron chi connectivity index (χ4n) is 2.76. The summed E-state index contributed by atoms with van der Waals surface area (Å²) in [5, 5.41) is 3.59. The summed E-state index contributed by atoms with van der Waals surface area (Å²) in [5.41, 5.74) is 0.639. The highest BCUT2D eigenvalue weighted by Gasteiger charge is 2.20. The lowest BCUT2D eigenvalue weighted by Gasteiger charge is -2.16. The molecule has 1 aromatic heterocycles. The molecule has 1 N–H and O–H groups in total. The van der Waals surface area contributed by atoms with Crippen LogP contribution in [0.5, 0.6) is 11.5 Å². The van der Waals surface area contributed by atoms with Crippen LogP contribution in [0.4, 0.5) is 5.69 Å². The van der Waals surface area contributed by atoms with Gasteiger partial charge in [0.25, 0.3) is 5.91 Å². The molecule has 5 nitrogen and oxygen atoms in total. The van der Waals surface area contributed by atoms with Gasteiger partial charge in [-0.05, 0) is 43.9 Å². The molecule has 0 spiro atoms. The van der Waals surface area contributed by atoms with Gasteiger partial charge in [0.1, 0.15) is 5.69 Å². The van der Waals surface area contributed by atoms with E-state index in [0.717, 1.165) is 25.7 Å². The van der Waals surface area contributed by atoms with Crippen LogP contribution in [0.15, 0.2) is 30.5 Å². The third kappa shape index (κ3) is 4.35. The first kappa shape index (κ1) is 17.8. The Balaban J connectivity index is 1.81. The second-order valence-electron chi connectivity index (χ2n) is 5.82. The first-order valence-electron chi connectivity index (χ1n) is 8.04. The third-order valence-electron chi connectivity index (χ3n) is 4.06. The van der Waals surface area contributed by atoms with Crippen LogP contribution in [-0.2, 0) is 0 Å². The summed E-state index contributed by atoms with van der Waals surface area (Å²) >= 11 is 12.0. The van der Waals surface area contributed by atoms with Crippen LogP contribution in [0.1, 0.15) is 36.2 Å². The molecule has 2 aromatic rings. The molecule has 3 rings (SSSR count). The van der Waals surface area contributed by atoms with E-state index < -0.39 is 5.91 Å². The van der Waals surface area contributed by atoms with Crippen molar-refractivity contribution in [2.45, 2.75) is 31.8 Å². The Kier molecular flexibility index (Phi) is 5.66. The van der Waals surface area contributed by atoms with Crippen LogP contribution in [0, 0.1) is 0 Å². The molecule has 1 aliphatic rings. The van der Waals surface area contributed by atoms with Gasteiger partial charge in [0, 0.05) is 11.1 Å². The zero-order valence-electron chi connectivity index (χ0n) is 13.7. The molecule has 0 radical (unpaired) electrons. The first-order chi connectivity index (χ1) is 12.1. The van der Waals surface area contributed by atoms with Gasteiger partial charge in [0.05, 0.1) is 30.1 Å². The minimum Gasteiger partial charge on any atom is -0.491 e. The van der Waals surface area contributed by atoms with E-state index in [1.165, 1.54) is 6.20 Å². The maximum Gasteiger partial charge on any atom is 0.274 e. The second-order valence-corrected chi connectivity index (χ2v) is 6.67. The first-order valence-corrected chi connectivity index (χ1v) is 8.79. The average molecular weight is 381 g/mol. The lowest BCUT2D eigenvalue weighted by molar-refractivity contribution is 0.102. The number of hydrogen-bond donors (Lipinski definition) is 1. The largest absolute Gasteiger partial charge is 0.491 e. The maximum absolute atomic E-state index is 12.5. The van der Waals surface area contributed by atoms with Gasteiger partial charge >= 0.3 is 0 Å². The Morgan fingerprint density at radius 1 is 1.20 bits per heavy atom. The molecule has 0 unspecified atom stereocenters. The zero-order valence-corrected chi connectivity index (χ0v) is 15.2. The number of methoxy groups -OCH3 is 1. The van der Waals surface area contributed by atoms with E-state index in [4.69, 9.17) is 32.7 Å². The standard InChI is InChI=1S/C18H18Cl2N2O3/c1-24-17-10-21-15(9-16(17)25-12-4-2-3-5-12)18(23)22-14-8-11(19)6-7-13(14)20/h6-10,12H,2-5H2,1H3,(H,22,23). The predicted octanol–water partition coefficient (Wildman–Crippen LogP) is 4.97.